The van der Waals surface area contributed by atoms with Gasteiger partial charge in [0.25, 0.3) is 0 Å². The van der Waals surface area contributed by atoms with Gasteiger partial charge in [0, 0.05) is 11.8 Å². The first kappa shape index (κ1) is 11.0. The Kier molecular flexibility index (Phi) is 2.79. The largest absolute Gasteiger partial charge is 0.306 e. The summed E-state index contributed by atoms with van der Waals surface area (Å²) in [6.07, 6.45) is 21.1. The van der Waals surface area contributed by atoms with Crippen molar-refractivity contribution in [2.45, 2.75) is 12.8 Å². The number of piperidine rings is 1. The van der Waals surface area contributed by atoms with Crippen molar-refractivity contribution in [1.29, 1.82) is 0 Å². The fourth-order valence-electron chi connectivity index (χ4n) is 3.55. The average Bonchev–Trinajstić information content (AvgIpc) is 3.04. The minimum Gasteiger partial charge on any atom is -0.306 e. The Labute approximate surface area is 104 Å². The summed E-state index contributed by atoms with van der Waals surface area (Å²) >= 11 is 0. The second-order valence-electron chi connectivity index (χ2n) is 5.63. The van der Waals surface area contributed by atoms with E-state index in [2.05, 4.69) is 60.6 Å². The molecule has 17 heavy (non-hydrogen) atoms. The summed E-state index contributed by atoms with van der Waals surface area (Å²) < 4.78 is 0. The molecule has 1 aliphatic heterocycles. The lowest BCUT2D eigenvalue weighted by Gasteiger charge is -2.47. The van der Waals surface area contributed by atoms with Crippen molar-refractivity contribution in [3.05, 3.63) is 48.6 Å². The predicted octanol–water partition coefficient (Wildman–Crippen LogP) is 3.18. The zero-order valence-electron chi connectivity index (χ0n) is 10.5. The Balaban J connectivity index is 1.89. The first-order chi connectivity index (χ1) is 8.31. The van der Waals surface area contributed by atoms with Gasteiger partial charge in [-0.05, 0) is 38.4 Å². The van der Waals surface area contributed by atoms with Crippen LogP contribution in [0.3, 0.4) is 0 Å². The standard InChI is InChI=1S/C16H21N/c1-17-12-10-16(11-13-17,14-6-2-3-7-14)15-8-4-5-9-15/h2-9,14-15H,10-13H2,1H3. The molecule has 1 heteroatoms. The molecule has 0 unspecified atom stereocenters. The van der Waals surface area contributed by atoms with Crippen molar-refractivity contribution in [2.24, 2.45) is 17.3 Å². The van der Waals surface area contributed by atoms with E-state index in [4.69, 9.17) is 0 Å². The number of allylic oxidation sites excluding steroid dienone is 8. The van der Waals surface area contributed by atoms with Crippen LogP contribution in [0, 0.1) is 17.3 Å². The van der Waals surface area contributed by atoms with E-state index < -0.39 is 0 Å². The SMILES string of the molecule is CN1CCC(C2C=CC=C2)(C2C=CC=C2)CC1. The van der Waals surface area contributed by atoms with E-state index in [-0.39, 0.29) is 0 Å². The first-order valence-corrected chi connectivity index (χ1v) is 6.70. The maximum Gasteiger partial charge on any atom is 0.00189 e. The first-order valence-electron chi connectivity index (χ1n) is 6.70. The summed E-state index contributed by atoms with van der Waals surface area (Å²) in [7, 11) is 2.24. The lowest BCUT2D eigenvalue weighted by Crippen LogP contribution is -2.44. The highest BCUT2D eigenvalue weighted by Crippen LogP contribution is 2.49. The molecular weight excluding hydrogens is 206 g/mol. The summed E-state index contributed by atoms with van der Waals surface area (Å²) in [5.41, 5.74) is 0.430. The summed E-state index contributed by atoms with van der Waals surface area (Å²) in [5, 5.41) is 0. The van der Waals surface area contributed by atoms with E-state index in [9.17, 15) is 0 Å². The predicted molar refractivity (Wildman–Crippen MR) is 72.7 cm³/mol. The molecule has 0 N–H and O–H groups in total. The van der Waals surface area contributed by atoms with E-state index in [0.717, 1.165) is 0 Å². The minimum atomic E-state index is 0.430. The lowest BCUT2D eigenvalue weighted by atomic mass is 9.62. The highest BCUT2D eigenvalue weighted by Gasteiger charge is 2.43. The smallest absolute Gasteiger partial charge is 0.00189 e. The summed E-state index contributed by atoms with van der Waals surface area (Å²) in [5.74, 6) is 1.27. The molecule has 0 radical (unpaired) electrons. The third-order valence-corrected chi connectivity index (χ3v) is 4.74. The molecule has 90 valence electrons. The van der Waals surface area contributed by atoms with Gasteiger partial charge < -0.3 is 4.90 Å². The molecule has 0 aromatic carbocycles. The van der Waals surface area contributed by atoms with Gasteiger partial charge in [0.05, 0.1) is 0 Å². The number of hydrogen-bond acceptors (Lipinski definition) is 1. The Morgan fingerprint density at radius 2 is 1.24 bits per heavy atom. The van der Waals surface area contributed by atoms with Crippen LogP contribution in [0.25, 0.3) is 0 Å². The topological polar surface area (TPSA) is 3.24 Å². The van der Waals surface area contributed by atoms with E-state index in [1.807, 2.05) is 0 Å². The lowest BCUT2D eigenvalue weighted by molar-refractivity contribution is 0.0725. The van der Waals surface area contributed by atoms with Crippen LogP contribution >= 0.6 is 0 Å². The van der Waals surface area contributed by atoms with Gasteiger partial charge in [-0.15, -0.1) is 0 Å². The van der Waals surface area contributed by atoms with E-state index in [1.165, 1.54) is 25.9 Å². The molecule has 3 rings (SSSR count). The molecule has 3 aliphatic rings. The van der Waals surface area contributed by atoms with Crippen molar-refractivity contribution in [2.75, 3.05) is 20.1 Å². The van der Waals surface area contributed by atoms with Crippen LogP contribution in [0.15, 0.2) is 48.6 Å². The third kappa shape index (κ3) is 1.83. The number of nitrogens with zero attached hydrogens (tertiary/aromatic N) is 1. The molecule has 0 saturated carbocycles. The highest BCUT2D eigenvalue weighted by molar-refractivity contribution is 5.28. The minimum absolute atomic E-state index is 0.430. The summed E-state index contributed by atoms with van der Waals surface area (Å²) in [6.45, 7) is 2.46. The maximum absolute atomic E-state index is 2.46. The van der Waals surface area contributed by atoms with Gasteiger partial charge in [-0.2, -0.15) is 0 Å². The van der Waals surface area contributed by atoms with Crippen LogP contribution in [0.5, 0.6) is 0 Å². The number of hydrogen-bond donors (Lipinski definition) is 0. The zero-order chi connectivity index (χ0) is 11.7. The quantitative estimate of drug-likeness (QED) is 0.700. The van der Waals surface area contributed by atoms with Crippen molar-refractivity contribution < 1.29 is 0 Å². The van der Waals surface area contributed by atoms with Gasteiger partial charge in [-0.3, -0.25) is 0 Å². The zero-order valence-corrected chi connectivity index (χ0v) is 10.5. The summed E-state index contributed by atoms with van der Waals surface area (Å²) in [4.78, 5) is 2.46. The van der Waals surface area contributed by atoms with Crippen LogP contribution < -0.4 is 0 Å². The van der Waals surface area contributed by atoms with E-state index in [0.29, 0.717) is 17.3 Å². The second kappa shape index (κ2) is 4.30. The fraction of sp³-hybridized carbons (Fsp3) is 0.500. The van der Waals surface area contributed by atoms with Crippen LogP contribution in [0.1, 0.15) is 12.8 Å². The van der Waals surface area contributed by atoms with Gasteiger partial charge >= 0.3 is 0 Å². The highest BCUT2D eigenvalue weighted by atomic mass is 15.1. The molecule has 1 saturated heterocycles. The maximum atomic E-state index is 2.46. The molecule has 0 aromatic heterocycles. The Bertz CT molecular complexity index is 338. The fourth-order valence-corrected chi connectivity index (χ4v) is 3.55. The monoisotopic (exact) mass is 227 g/mol. The molecule has 1 fully saturated rings. The molecule has 0 amide bonds. The molecule has 0 bridgehead atoms. The van der Waals surface area contributed by atoms with Gasteiger partial charge in [0.2, 0.25) is 0 Å². The van der Waals surface area contributed by atoms with Crippen LogP contribution in [0.2, 0.25) is 0 Å². The number of rotatable bonds is 2. The molecule has 0 spiro atoms. The Hall–Kier alpha value is -1.08. The van der Waals surface area contributed by atoms with Crippen molar-refractivity contribution in [1.82, 2.24) is 4.90 Å². The van der Waals surface area contributed by atoms with Gasteiger partial charge in [-0.25, -0.2) is 0 Å². The third-order valence-electron chi connectivity index (χ3n) is 4.74. The van der Waals surface area contributed by atoms with Crippen molar-refractivity contribution in [3.63, 3.8) is 0 Å². The number of likely N-dealkylation sites (tertiary alicyclic amines) is 1. The van der Waals surface area contributed by atoms with Crippen molar-refractivity contribution >= 4 is 0 Å². The van der Waals surface area contributed by atoms with Gasteiger partial charge in [0.1, 0.15) is 0 Å². The molecule has 1 heterocycles. The van der Waals surface area contributed by atoms with E-state index in [1.54, 1.807) is 0 Å². The summed E-state index contributed by atoms with van der Waals surface area (Å²) in [6, 6.07) is 0. The molecule has 1 nitrogen and oxygen atoms in total. The molecule has 2 aliphatic carbocycles. The van der Waals surface area contributed by atoms with Gasteiger partial charge in [0.15, 0.2) is 0 Å². The Morgan fingerprint density at radius 1 is 0.824 bits per heavy atom. The average molecular weight is 227 g/mol. The Morgan fingerprint density at radius 3 is 1.65 bits per heavy atom. The van der Waals surface area contributed by atoms with Crippen LogP contribution in [-0.2, 0) is 0 Å². The van der Waals surface area contributed by atoms with Crippen LogP contribution in [-0.4, -0.2) is 25.0 Å². The normalized spacial score (nSPS) is 28.5. The molecule has 0 aromatic rings. The van der Waals surface area contributed by atoms with Crippen molar-refractivity contribution in [3.8, 4) is 0 Å². The van der Waals surface area contributed by atoms with Crippen LogP contribution in [0.4, 0.5) is 0 Å². The van der Waals surface area contributed by atoms with E-state index >= 15 is 0 Å². The molecule has 0 atom stereocenters. The second-order valence-corrected chi connectivity index (χ2v) is 5.63. The van der Waals surface area contributed by atoms with Gasteiger partial charge in [-0.1, -0.05) is 48.6 Å². The molecular formula is C16H21N.